The van der Waals surface area contributed by atoms with E-state index in [0.29, 0.717) is 18.3 Å². The summed E-state index contributed by atoms with van der Waals surface area (Å²) in [5, 5.41) is 11.1. The van der Waals surface area contributed by atoms with Gasteiger partial charge in [0.25, 0.3) is 0 Å². The number of phenolic OH excluding ortho intramolecular Hbond substituents is 1. The third-order valence-corrected chi connectivity index (χ3v) is 2.88. The molecule has 0 saturated heterocycles. The largest absolute Gasteiger partial charge is 0.507 e. The molecule has 20 heavy (non-hydrogen) atoms. The van der Waals surface area contributed by atoms with Crippen molar-refractivity contribution in [3.63, 3.8) is 0 Å². The minimum atomic E-state index is -0.396. The smallest absolute Gasteiger partial charge is 0.330 e. The Bertz CT molecular complexity index is 686. The van der Waals surface area contributed by atoms with E-state index < -0.39 is 5.97 Å². The van der Waals surface area contributed by atoms with Crippen molar-refractivity contribution >= 4 is 29.1 Å². The molecule has 4 nitrogen and oxygen atoms in total. The minimum Gasteiger partial charge on any atom is -0.507 e. The lowest BCUT2D eigenvalue weighted by atomic mass is 10.0. The Balaban J connectivity index is 2.38. The summed E-state index contributed by atoms with van der Waals surface area (Å²) in [6.45, 7) is 2.08. The summed E-state index contributed by atoms with van der Waals surface area (Å²) >= 11 is 0. The van der Waals surface area contributed by atoms with Crippen LogP contribution in [-0.4, -0.2) is 24.0 Å². The lowest BCUT2D eigenvalue weighted by Crippen LogP contribution is -1.98. The van der Waals surface area contributed by atoms with Crippen molar-refractivity contribution in [2.75, 3.05) is 6.61 Å². The average Bonchev–Trinajstić information content (AvgIpc) is 2.45. The van der Waals surface area contributed by atoms with Crippen LogP contribution in [0, 0.1) is 0 Å². The first-order valence-corrected chi connectivity index (χ1v) is 6.21. The van der Waals surface area contributed by atoms with E-state index in [9.17, 15) is 14.7 Å². The van der Waals surface area contributed by atoms with Crippen molar-refractivity contribution in [2.45, 2.75) is 6.92 Å². The second-order valence-electron chi connectivity index (χ2n) is 4.18. The predicted octanol–water partition coefficient (Wildman–Crippen LogP) is 2.93. The van der Waals surface area contributed by atoms with Gasteiger partial charge >= 0.3 is 5.97 Å². The van der Waals surface area contributed by atoms with Gasteiger partial charge in [0.2, 0.25) is 0 Å². The third kappa shape index (κ3) is 2.85. The molecule has 0 aromatic heterocycles. The van der Waals surface area contributed by atoms with Gasteiger partial charge in [-0.3, -0.25) is 4.79 Å². The van der Waals surface area contributed by atoms with Gasteiger partial charge in [0.15, 0.2) is 6.29 Å². The molecule has 0 aliphatic carbocycles. The predicted molar refractivity (Wildman–Crippen MR) is 76.7 cm³/mol. The Hall–Kier alpha value is -2.62. The molecule has 1 N–H and O–H groups in total. The first kappa shape index (κ1) is 13.8. The molecule has 0 fully saturated rings. The zero-order valence-electron chi connectivity index (χ0n) is 11.0. The highest BCUT2D eigenvalue weighted by Crippen LogP contribution is 2.26. The SMILES string of the molecule is CCOC(=O)C=Cc1ccc2c(C=O)c(O)ccc2c1. The Morgan fingerprint density at radius 1 is 1.30 bits per heavy atom. The molecule has 2 rings (SSSR count). The summed E-state index contributed by atoms with van der Waals surface area (Å²) in [5.74, 6) is -0.436. The van der Waals surface area contributed by atoms with Crippen molar-refractivity contribution in [3.05, 3.63) is 47.5 Å². The van der Waals surface area contributed by atoms with Crippen LogP contribution in [0.3, 0.4) is 0 Å². The van der Waals surface area contributed by atoms with Gasteiger partial charge in [-0.05, 0) is 41.5 Å². The second-order valence-corrected chi connectivity index (χ2v) is 4.18. The standard InChI is InChI=1S/C16H14O4/c1-2-20-16(19)8-4-11-3-6-13-12(9-11)5-7-15(18)14(13)10-17/h3-10,18H,2H2,1H3. The van der Waals surface area contributed by atoms with E-state index >= 15 is 0 Å². The van der Waals surface area contributed by atoms with Gasteiger partial charge in [-0.25, -0.2) is 4.79 Å². The molecular weight excluding hydrogens is 256 g/mol. The van der Waals surface area contributed by atoms with Crippen molar-refractivity contribution < 1.29 is 19.4 Å². The van der Waals surface area contributed by atoms with Crippen LogP contribution in [-0.2, 0) is 9.53 Å². The molecular formula is C16H14O4. The number of carbonyl (C=O) groups excluding carboxylic acids is 2. The lowest BCUT2D eigenvalue weighted by Gasteiger charge is -2.04. The summed E-state index contributed by atoms with van der Waals surface area (Å²) < 4.78 is 4.80. The Kier molecular flexibility index (Phi) is 4.15. The van der Waals surface area contributed by atoms with Crippen molar-refractivity contribution in [2.24, 2.45) is 0 Å². The topological polar surface area (TPSA) is 63.6 Å². The average molecular weight is 270 g/mol. The zero-order chi connectivity index (χ0) is 14.5. The number of fused-ring (bicyclic) bond motifs is 1. The molecule has 0 amide bonds. The molecule has 0 bridgehead atoms. The van der Waals surface area contributed by atoms with Gasteiger partial charge < -0.3 is 9.84 Å². The molecule has 0 atom stereocenters. The third-order valence-electron chi connectivity index (χ3n) is 2.88. The minimum absolute atomic E-state index is 0.0395. The number of ether oxygens (including phenoxy) is 1. The van der Waals surface area contributed by atoms with Crippen molar-refractivity contribution in [1.82, 2.24) is 0 Å². The van der Waals surface area contributed by atoms with E-state index in [1.54, 1.807) is 31.2 Å². The quantitative estimate of drug-likeness (QED) is 0.527. The summed E-state index contributed by atoms with van der Waals surface area (Å²) in [6.07, 6.45) is 3.63. The van der Waals surface area contributed by atoms with Gasteiger partial charge in [0.05, 0.1) is 12.2 Å². The Morgan fingerprint density at radius 3 is 2.80 bits per heavy atom. The van der Waals surface area contributed by atoms with E-state index in [4.69, 9.17) is 4.74 Å². The van der Waals surface area contributed by atoms with Crippen LogP contribution >= 0.6 is 0 Å². The van der Waals surface area contributed by atoms with Gasteiger partial charge in [0.1, 0.15) is 5.75 Å². The number of hydrogen-bond donors (Lipinski definition) is 1. The van der Waals surface area contributed by atoms with E-state index in [2.05, 4.69) is 0 Å². The molecule has 0 radical (unpaired) electrons. The van der Waals surface area contributed by atoms with Gasteiger partial charge in [-0.2, -0.15) is 0 Å². The highest BCUT2D eigenvalue weighted by atomic mass is 16.5. The van der Waals surface area contributed by atoms with E-state index in [1.807, 2.05) is 6.07 Å². The number of benzene rings is 2. The number of hydrogen-bond acceptors (Lipinski definition) is 4. The van der Waals surface area contributed by atoms with Gasteiger partial charge in [-0.15, -0.1) is 0 Å². The summed E-state index contributed by atoms with van der Waals surface area (Å²) in [5.41, 5.74) is 1.08. The molecule has 4 heteroatoms. The lowest BCUT2D eigenvalue weighted by molar-refractivity contribution is -0.137. The van der Waals surface area contributed by atoms with Crippen LogP contribution in [0.2, 0.25) is 0 Å². The maximum atomic E-state index is 11.2. The fourth-order valence-electron chi connectivity index (χ4n) is 1.94. The van der Waals surface area contributed by atoms with E-state index in [-0.39, 0.29) is 11.3 Å². The second kappa shape index (κ2) is 6.02. The Labute approximate surface area is 116 Å². The van der Waals surface area contributed by atoms with Gasteiger partial charge in [-0.1, -0.05) is 18.2 Å². The number of aldehydes is 1. The zero-order valence-corrected chi connectivity index (χ0v) is 11.0. The van der Waals surface area contributed by atoms with Crippen LogP contribution in [0.15, 0.2) is 36.4 Å². The number of carbonyl (C=O) groups is 2. The number of aromatic hydroxyl groups is 1. The van der Waals surface area contributed by atoms with Crippen LogP contribution in [0.5, 0.6) is 5.75 Å². The molecule has 0 heterocycles. The first-order chi connectivity index (χ1) is 9.65. The molecule has 0 spiro atoms. The summed E-state index contributed by atoms with van der Waals surface area (Å²) in [7, 11) is 0. The molecule has 0 aliphatic heterocycles. The summed E-state index contributed by atoms with van der Waals surface area (Å²) in [6, 6.07) is 8.54. The first-order valence-electron chi connectivity index (χ1n) is 6.21. The molecule has 102 valence electrons. The fraction of sp³-hybridized carbons (Fsp3) is 0.125. The monoisotopic (exact) mass is 270 g/mol. The van der Waals surface area contributed by atoms with Crippen LogP contribution < -0.4 is 0 Å². The summed E-state index contributed by atoms with van der Waals surface area (Å²) in [4.78, 5) is 22.2. The number of rotatable bonds is 4. The fourth-order valence-corrected chi connectivity index (χ4v) is 1.94. The van der Waals surface area contributed by atoms with Crippen LogP contribution in [0.1, 0.15) is 22.8 Å². The normalized spacial score (nSPS) is 10.8. The highest BCUT2D eigenvalue weighted by Gasteiger charge is 2.06. The molecule has 0 unspecified atom stereocenters. The number of phenols is 1. The molecule has 2 aromatic rings. The number of esters is 1. The maximum absolute atomic E-state index is 11.2. The maximum Gasteiger partial charge on any atom is 0.330 e. The van der Waals surface area contributed by atoms with Gasteiger partial charge in [0, 0.05) is 6.08 Å². The van der Waals surface area contributed by atoms with Crippen molar-refractivity contribution in [1.29, 1.82) is 0 Å². The highest BCUT2D eigenvalue weighted by molar-refractivity contribution is 6.01. The molecule has 0 aliphatic rings. The molecule has 0 saturated carbocycles. The van der Waals surface area contributed by atoms with E-state index in [0.717, 1.165) is 10.9 Å². The van der Waals surface area contributed by atoms with E-state index in [1.165, 1.54) is 12.1 Å². The Morgan fingerprint density at radius 2 is 2.10 bits per heavy atom. The van der Waals surface area contributed by atoms with Crippen molar-refractivity contribution in [3.8, 4) is 5.75 Å². The molecule has 2 aromatic carbocycles. The van der Waals surface area contributed by atoms with Crippen LogP contribution in [0.25, 0.3) is 16.8 Å². The van der Waals surface area contributed by atoms with Crippen LogP contribution in [0.4, 0.5) is 0 Å².